The molecule has 0 aliphatic carbocycles. The lowest BCUT2D eigenvalue weighted by molar-refractivity contribution is 0.112. The minimum absolute atomic E-state index is 0.0235. The van der Waals surface area contributed by atoms with Gasteiger partial charge >= 0.3 is 0 Å². The highest BCUT2D eigenvalue weighted by Gasteiger charge is 2.21. The topological polar surface area (TPSA) is 136 Å². The number of carbonyl (C=O) groups excluding carboxylic acids is 1. The molecule has 0 fully saturated rings. The first kappa shape index (κ1) is 20.8. The van der Waals surface area contributed by atoms with E-state index in [0.717, 1.165) is 0 Å². The lowest BCUT2D eigenvalue weighted by Gasteiger charge is -2.11. The Bertz CT molecular complexity index is 1590. The van der Waals surface area contributed by atoms with Gasteiger partial charge in [-0.2, -0.15) is 10.4 Å². The average Bonchev–Trinajstić information content (AvgIpc) is 3.30. The van der Waals surface area contributed by atoms with Crippen molar-refractivity contribution in [2.45, 2.75) is 6.42 Å². The molecule has 3 aromatic heterocycles. The van der Waals surface area contributed by atoms with Crippen molar-refractivity contribution in [2.24, 2.45) is 0 Å². The highest BCUT2D eigenvalue weighted by molar-refractivity contribution is 5.82. The Balaban J connectivity index is 1.75. The number of carbonyl (C=O) groups is 1. The summed E-state index contributed by atoms with van der Waals surface area (Å²) in [6.45, 7) is 0. The van der Waals surface area contributed by atoms with Crippen molar-refractivity contribution < 1.29 is 9.18 Å². The van der Waals surface area contributed by atoms with Gasteiger partial charge in [-0.15, -0.1) is 0 Å². The Hall–Kier alpha value is -5.04. The Morgan fingerprint density at radius 3 is 2.76 bits per heavy atom. The number of aromatic nitrogens is 6. The maximum absolute atomic E-state index is 14.5. The summed E-state index contributed by atoms with van der Waals surface area (Å²) >= 11 is 0. The second-order valence-corrected chi connectivity index (χ2v) is 7.35. The molecule has 5 aromatic rings. The number of aldehydes is 1. The molecule has 0 bridgehead atoms. The fourth-order valence-corrected chi connectivity index (χ4v) is 3.70. The molecular weight excluding hydrogens is 435 g/mol. The number of anilines is 1. The van der Waals surface area contributed by atoms with Gasteiger partial charge in [-0.05, 0) is 24.3 Å². The van der Waals surface area contributed by atoms with Gasteiger partial charge in [-0.3, -0.25) is 4.79 Å². The summed E-state index contributed by atoms with van der Waals surface area (Å²) in [7, 11) is 0. The van der Waals surface area contributed by atoms with E-state index < -0.39 is 5.82 Å². The molecule has 164 valence electrons. The molecule has 34 heavy (non-hydrogen) atoms. The third kappa shape index (κ3) is 3.61. The smallest absolute Gasteiger partial charge is 0.198 e. The SMILES string of the molecule is N#Cc1cccc(-c2nc(N)c3nc(Cc4c(F)cccc4C=O)nn3c2-c2ccncn2)c1. The summed E-state index contributed by atoms with van der Waals surface area (Å²) in [5.41, 5.74) is 9.41. The van der Waals surface area contributed by atoms with Crippen molar-refractivity contribution >= 4 is 17.8 Å². The Morgan fingerprint density at radius 2 is 2.00 bits per heavy atom. The molecular formula is C24H15FN8O. The molecule has 9 nitrogen and oxygen atoms in total. The van der Waals surface area contributed by atoms with E-state index in [2.05, 4.69) is 31.1 Å². The molecule has 2 aromatic carbocycles. The van der Waals surface area contributed by atoms with E-state index in [0.29, 0.717) is 34.5 Å². The largest absolute Gasteiger partial charge is 0.381 e. The molecule has 0 radical (unpaired) electrons. The molecule has 0 saturated heterocycles. The molecule has 0 atom stereocenters. The van der Waals surface area contributed by atoms with Crippen molar-refractivity contribution in [1.82, 2.24) is 29.5 Å². The lowest BCUT2D eigenvalue weighted by atomic mass is 10.0. The number of halogens is 1. The van der Waals surface area contributed by atoms with Crippen LogP contribution in [-0.2, 0) is 6.42 Å². The van der Waals surface area contributed by atoms with E-state index in [4.69, 9.17) is 5.73 Å². The number of nitrogens with two attached hydrogens (primary N) is 1. The molecule has 0 aliphatic rings. The number of hydrogen-bond donors (Lipinski definition) is 1. The highest BCUT2D eigenvalue weighted by Crippen LogP contribution is 2.32. The van der Waals surface area contributed by atoms with E-state index in [1.165, 1.54) is 29.0 Å². The first-order valence-electron chi connectivity index (χ1n) is 10.1. The molecule has 3 heterocycles. The van der Waals surface area contributed by atoms with Crippen LogP contribution in [0.3, 0.4) is 0 Å². The predicted molar refractivity (Wildman–Crippen MR) is 121 cm³/mol. The summed E-state index contributed by atoms with van der Waals surface area (Å²) < 4.78 is 16.0. The quantitative estimate of drug-likeness (QED) is 0.403. The first-order chi connectivity index (χ1) is 16.6. The van der Waals surface area contributed by atoms with Gasteiger partial charge in [0.1, 0.15) is 29.8 Å². The van der Waals surface area contributed by atoms with E-state index in [-0.39, 0.29) is 34.8 Å². The van der Waals surface area contributed by atoms with Crippen LogP contribution in [0.2, 0.25) is 0 Å². The standard InChI is InChI=1S/C24H15FN8O/c25-18-6-2-5-16(12-34)17(18)10-20-30-24-23(27)31-21(15-4-1-3-14(9-15)11-26)22(33(24)32-20)19-7-8-28-13-29-19/h1-9,12-13H,10H2,(H2,27,31). The van der Waals surface area contributed by atoms with E-state index in [9.17, 15) is 14.4 Å². The molecule has 2 N–H and O–H groups in total. The number of hydrogen-bond acceptors (Lipinski definition) is 8. The number of rotatable bonds is 5. The summed E-state index contributed by atoms with van der Waals surface area (Å²) in [5, 5.41) is 13.9. The monoisotopic (exact) mass is 450 g/mol. The van der Waals surface area contributed by atoms with Crippen LogP contribution < -0.4 is 5.73 Å². The Labute approximate surface area is 192 Å². The minimum atomic E-state index is -0.528. The van der Waals surface area contributed by atoms with Crippen LogP contribution in [0.15, 0.2) is 61.1 Å². The Morgan fingerprint density at radius 1 is 1.15 bits per heavy atom. The van der Waals surface area contributed by atoms with Crippen molar-refractivity contribution in [1.29, 1.82) is 5.26 Å². The maximum Gasteiger partial charge on any atom is 0.198 e. The number of fused-ring (bicyclic) bond motifs is 1. The zero-order valence-electron chi connectivity index (χ0n) is 17.6. The maximum atomic E-state index is 14.5. The van der Waals surface area contributed by atoms with Crippen LogP contribution in [0.4, 0.5) is 10.2 Å². The van der Waals surface area contributed by atoms with Crippen LogP contribution in [0.5, 0.6) is 0 Å². The zero-order chi connectivity index (χ0) is 23.7. The van der Waals surface area contributed by atoms with Crippen LogP contribution in [-0.4, -0.2) is 35.8 Å². The third-order valence-electron chi connectivity index (χ3n) is 5.26. The number of nitrogen functional groups attached to an aromatic ring is 1. The van der Waals surface area contributed by atoms with Gasteiger partial charge < -0.3 is 5.73 Å². The van der Waals surface area contributed by atoms with Crippen LogP contribution >= 0.6 is 0 Å². The van der Waals surface area contributed by atoms with Crippen LogP contribution in [0, 0.1) is 17.1 Å². The van der Waals surface area contributed by atoms with Gasteiger partial charge in [0, 0.05) is 29.3 Å². The second kappa shape index (κ2) is 8.48. The van der Waals surface area contributed by atoms with E-state index >= 15 is 0 Å². The van der Waals surface area contributed by atoms with Gasteiger partial charge in [0.25, 0.3) is 0 Å². The van der Waals surface area contributed by atoms with Crippen molar-refractivity contribution in [3.8, 4) is 28.7 Å². The molecule has 0 unspecified atom stereocenters. The summed E-state index contributed by atoms with van der Waals surface area (Å²) in [6, 6.07) is 15.0. The van der Waals surface area contributed by atoms with Crippen molar-refractivity contribution in [3.05, 3.63) is 89.4 Å². The molecule has 0 amide bonds. The fourth-order valence-electron chi connectivity index (χ4n) is 3.70. The molecule has 0 spiro atoms. The van der Waals surface area contributed by atoms with Gasteiger partial charge in [-0.25, -0.2) is 28.8 Å². The zero-order valence-corrected chi connectivity index (χ0v) is 17.6. The Kier molecular flexibility index (Phi) is 5.20. The highest BCUT2D eigenvalue weighted by atomic mass is 19.1. The van der Waals surface area contributed by atoms with Gasteiger partial charge in [0.05, 0.1) is 17.3 Å². The number of nitrogens with zero attached hydrogens (tertiary/aromatic N) is 7. The summed E-state index contributed by atoms with van der Waals surface area (Å²) in [6.07, 6.45) is 3.54. The molecule has 5 rings (SSSR count). The van der Waals surface area contributed by atoms with E-state index in [1.807, 2.05) is 0 Å². The van der Waals surface area contributed by atoms with Gasteiger partial charge in [0.2, 0.25) is 0 Å². The molecule has 10 heteroatoms. The first-order valence-corrected chi connectivity index (χ1v) is 10.1. The van der Waals surface area contributed by atoms with E-state index in [1.54, 1.807) is 36.5 Å². The number of nitriles is 1. The minimum Gasteiger partial charge on any atom is -0.381 e. The molecule has 0 aliphatic heterocycles. The van der Waals surface area contributed by atoms with Gasteiger partial charge in [-0.1, -0.05) is 24.3 Å². The second-order valence-electron chi connectivity index (χ2n) is 7.35. The summed E-state index contributed by atoms with van der Waals surface area (Å²) in [5.74, 6) is -0.183. The molecule has 0 saturated carbocycles. The fraction of sp³-hybridized carbons (Fsp3) is 0.0417. The summed E-state index contributed by atoms with van der Waals surface area (Å²) in [4.78, 5) is 28.7. The van der Waals surface area contributed by atoms with Crippen LogP contribution in [0.1, 0.15) is 27.3 Å². The van der Waals surface area contributed by atoms with Gasteiger partial charge in [0.15, 0.2) is 17.3 Å². The lowest BCUT2D eigenvalue weighted by Crippen LogP contribution is -2.06. The van der Waals surface area contributed by atoms with Crippen molar-refractivity contribution in [3.63, 3.8) is 0 Å². The average molecular weight is 450 g/mol. The predicted octanol–water partition coefficient (Wildman–Crippen LogP) is 3.24. The van der Waals surface area contributed by atoms with Crippen molar-refractivity contribution in [2.75, 3.05) is 5.73 Å². The normalized spacial score (nSPS) is 10.8. The number of benzene rings is 2. The van der Waals surface area contributed by atoms with Crippen LogP contribution in [0.25, 0.3) is 28.3 Å². The third-order valence-corrected chi connectivity index (χ3v) is 5.26.